The largest absolute Gasteiger partial charge is 0.358 e. The third-order valence-corrected chi connectivity index (χ3v) is 7.87. The van der Waals surface area contributed by atoms with Gasteiger partial charge in [0.05, 0.1) is 11.4 Å². The molecule has 1 saturated heterocycles. The van der Waals surface area contributed by atoms with Crippen LogP contribution in [0.15, 0.2) is 47.4 Å². The van der Waals surface area contributed by atoms with Crippen molar-refractivity contribution >= 4 is 26.7 Å². The minimum Gasteiger partial charge on any atom is -0.358 e. The molecule has 0 amide bonds. The van der Waals surface area contributed by atoms with Crippen LogP contribution in [0.1, 0.15) is 27.2 Å². The summed E-state index contributed by atoms with van der Waals surface area (Å²) in [5, 5.41) is 0.941. The maximum atomic E-state index is 13.1. The molecule has 0 bridgehead atoms. The molecule has 7 heteroatoms. The summed E-state index contributed by atoms with van der Waals surface area (Å²) < 4.78 is 27.7. The average Bonchev–Trinajstić information content (AvgIpc) is 3.06. The molecule has 1 fully saturated rings. The Kier molecular flexibility index (Phi) is 5.53. The van der Waals surface area contributed by atoms with E-state index in [1.807, 2.05) is 62.1 Å². The van der Waals surface area contributed by atoms with Gasteiger partial charge < -0.3 is 4.98 Å². The van der Waals surface area contributed by atoms with Crippen molar-refractivity contribution in [1.29, 1.82) is 0 Å². The predicted molar refractivity (Wildman–Crippen MR) is 118 cm³/mol. The lowest BCUT2D eigenvalue weighted by Crippen LogP contribution is -2.49. The van der Waals surface area contributed by atoms with Gasteiger partial charge >= 0.3 is 0 Å². The summed E-state index contributed by atoms with van der Waals surface area (Å²) in [6, 6.07) is 13.3. The Bertz CT molecular complexity index is 1210. The summed E-state index contributed by atoms with van der Waals surface area (Å²) in [6.07, 6.45) is 0. The van der Waals surface area contributed by atoms with Gasteiger partial charge in [0.25, 0.3) is 0 Å². The van der Waals surface area contributed by atoms with Gasteiger partial charge in [-0.2, -0.15) is 4.31 Å². The SMILES string of the molecule is Cc1ccc(C)c(S(=O)(=O)N2CCN(CC(=O)c3c(C)[nH]c4ccccc34)CC2)c1. The third-order valence-electron chi connectivity index (χ3n) is 5.83. The topological polar surface area (TPSA) is 73.5 Å². The van der Waals surface area contributed by atoms with Gasteiger partial charge in [0.1, 0.15) is 0 Å². The molecular formula is C23H27N3O3S. The summed E-state index contributed by atoms with van der Waals surface area (Å²) in [5.41, 5.74) is 4.25. The van der Waals surface area contributed by atoms with E-state index in [1.165, 1.54) is 4.31 Å². The highest BCUT2D eigenvalue weighted by molar-refractivity contribution is 7.89. The Morgan fingerprint density at radius 3 is 2.43 bits per heavy atom. The van der Waals surface area contributed by atoms with Crippen molar-refractivity contribution in [2.45, 2.75) is 25.7 Å². The van der Waals surface area contributed by atoms with E-state index in [-0.39, 0.29) is 5.78 Å². The van der Waals surface area contributed by atoms with Gasteiger partial charge in [0, 0.05) is 48.3 Å². The molecule has 1 aromatic heterocycles. The van der Waals surface area contributed by atoms with Crippen molar-refractivity contribution in [3.05, 3.63) is 64.8 Å². The summed E-state index contributed by atoms with van der Waals surface area (Å²) in [4.78, 5) is 18.7. The standard InChI is InChI=1S/C23H27N3O3S/c1-16-8-9-17(2)22(14-16)30(28,29)26-12-10-25(11-13-26)15-21(27)23-18(3)24-20-7-5-4-6-19(20)23/h4-9,14,24H,10-13,15H2,1-3H3. The smallest absolute Gasteiger partial charge is 0.243 e. The summed E-state index contributed by atoms with van der Waals surface area (Å²) in [5.74, 6) is 0.0655. The highest BCUT2D eigenvalue weighted by Gasteiger charge is 2.30. The molecule has 0 saturated carbocycles. The Morgan fingerprint density at radius 1 is 1.00 bits per heavy atom. The third kappa shape index (κ3) is 3.80. The number of hydrogen-bond acceptors (Lipinski definition) is 4. The molecule has 6 nitrogen and oxygen atoms in total. The molecule has 0 radical (unpaired) electrons. The summed E-state index contributed by atoms with van der Waals surface area (Å²) in [6.45, 7) is 7.78. The fourth-order valence-corrected chi connectivity index (χ4v) is 5.90. The minimum absolute atomic E-state index is 0.0655. The van der Waals surface area contributed by atoms with Gasteiger partial charge in [-0.3, -0.25) is 9.69 Å². The lowest BCUT2D eigenvalue weighted by molar-refractivity contribution is 0.0903. The van der Waals surface area contributed by atoms with Crippen LogP contribution in [0.4, 0.5) is 0 Å². The van der Waals surface area contributed by atoms with Gasteiger partial charge in [-0.1, -0.05) is 30.3 Å². The predicted octanol–water partition coefficient (Wildman–Crippen LogP) is 3.28. The number of fused-ring (bicyclic) bond motifs is 1. The number of carbonyl (C=O) groups is 1. The van der Waals surface area contributed by atoms with Crippen LogP contribution in [-0.4, -0.2) is 61.1 Å². The molecule has 0 unspecified atom stereocenters. The van der Waals surface area contributed by atoms with Crippen LogP contribution in [0.5, 0.6) is 0 Å². The van der Waals surface area contributed by atoms with Gasteiger partial charge in [-0.15, -0.1) is 0 Å². The molecule has 1 N–H and O–H groups in total. The zero-order valence-corrected chi connectivity index (χ0v) is 18.4. The number of benzene rings is 2. The quantitative estimate of drug-likeness (QED) is 0.637. The van der Waals surface area contributed by atoms with Crippen LogP contribution in [0.25, 0.3) is 10.9 Å². The molecule has 3 aromatic rings. The van der Waals surface area contributed by atoms with Gasteiger partial charge in [-0.05, 0) is 44.0 Å². The van der Waals surface area contributed by atoms with Crippen LogP contribution < -0.4 is 0 Å². The van der Waals surface area contributed by atoms with Crippen LogP contribution in [0.2, 0.25) is 0 Å². The highest BCUT2D eigenvalue weighted by Crippen LogP contribution is 2.24. The maximum absolute atomic E-state index is 13.1. The number of nitrogens with one attached hydrogen (secondary N) is 1. The minimum atomic E-state index is -3.53. The number of para-hydroxylation sites is 1. The normalized spacial score (nSPS) is 16.2. The summed E-state index contributed by atoms with van der Waals surface area (Å²) in [7, 11) is -3.53. The fraction of sp³-hybridized carbons (Fsp3) is 0.348. The molecule has 2 heterocycles. The van der Waals surface area contributed by atoms with Crippen molar-refractivity contribution in [3.63, 3.8) is 0 Å². The number of carbonyl (C=O) groups excluding carboxylic acids is 1. The van der Waals surface area contributed by atoms with Gasteiger partial charge in [-0.25, -0.2) is 8.42 Å². The molecule has 4 rings (SSSR count). The number of hydrogen-bond donors (Lipinski definition) is 1. The second kappa shape index (κ2) is 7.98. The average molecular weight is 426 g/mol. The monoisotopic (exact) mass is 425 g/mol. The first kappa shape index (κ1) is 20.8. The molecule has 0 spiro atoms. The van der Waals surface area contributed by atoms with Crippen molar-refractivity contribution < 1.29 is 13.2 Å². The number of aromatic amines is 1. The van der Waals surface area contributed by atoms with Crippen molar-refractivity contribution in [1.82, 2.24) is 14.2 Å². The number of aromatic nitrogens is 1. The van der Waals surface area contributed by atoms with E-state index in [1.54, 1.807) is 6.07 Å². The second-order valence-corrected chi connectivity index (χ2v) is 9.95. The Hall–Kier alpha value is -2.48. The maximum Gasteiger partial charge on any atom is 0.243 e. The zero-order chi connectivity index (χ0) is 21.5. The van der Waals surface area contributed by atoms with Crippen molar-refractivity contribution in [2.24, 2.45) is 0 Å². The Balaban J connectivity index is 1.45. The van der Waals surface area contributed by atoms with E-state index >= 15 is 0 Å². The van der Waals surface area contributed by atoms with E-state index in [4.69, 9.17) is 0 Å². The number of aryl methyl sites for hydroxylation is 3. The molecule has 1 aliphatic heterocycles. The van der Waals surface area contributed by atoms with Crippen LogP contribution in [0, 0.1) is 20.8 Å². The number of piperazine rings is 1. The zero-order valence-electron chi connectivity index (χ0n) is 17.6. The first-order chi connectivity index (χ1) is 14.3. The molecule has 2 aromatic carbocycles. The van der Waals surface area contributed by atoms with Crippen LogP contribution in [-0.2, 0) is 10.0 Å². The first-order valence-corrected chi connectivity index (χ1v) is 11.6. The number of H-pyrrole nitrogens is 1. The lowest BCUT2D eigenvalue weighted by atomic mass is 10.1. The number of nitrogens with zero attached hydrogens (tertiary/aromatic N) is 2. The first-order valence-electron chi connectivity index (χ1n) is 10.2. The number of ketones is 1. The fourth-order valence-electron chi connectivity index (χ4n) is 4.17. The molecule has 158 valence electrons. The number of Topliss-reactive ketones (excluding diaryl/α,β-unsaturated/α-hetero) is 1. The van der Waals surface area contributed by atoms with Crippen molar-refractivity contribution in [2.75, 3.05) is 32.7 Å². The van der Waals surface area contributed by atoms with Gasteiger partial charge in [0.15, 0.2) is 5.78 Å². The van der Waals surface area contributed by atoms with E-state index in [9.17, 15) is 13.2 Å². The highest BCUT2D eigenvalue weighted by atomic mass is 32.2. The second-order valence-electron chi connectivity index (χ2n) is 8.04. The van der Waals surface area contributed by atoms with Crippen LogP contribution >= 0.6 is 0 Å². The molecule has 0 aliphatic carbocycles. The molecular weight excluding hydrogens is 398 g/mol. The van der Waals surface area contributed by atoms with E-state index in [2.05, 4.69) is 4.98 Å². The van der Waals surface area contributed by atoms with Gasteiger partial charge in [0.2, 0.25) is 10.0 Å². The number of rotatable bonds is 5. The Morgan fingerprint density at radius 2 is 1.70 bits per heavy atom. The van der Waals surface area contributed by atoms with E-state index in [0.29, 0.717) is 37.6 Å². The van der Waals surface area contributed by atoms with Crippen molar-refractivity contribution in [3.8, 4) is 0 Å². The molecule has 1 aliphatic rings. The summed E-state index contributed by atoms with van der Waals surface area (Å²) >= 11 is 0. The Labute approximate surface area is 177 Å². The number of sulfonamides is 1. The van der Waals surface area contributed by atoms with Crippen LogP contribution in [0.3, 0.4) is 0 Å². The van der Waals surface area contributed by atoms with E-state index in [0.717, 1.165) is 33.3 Å². The van der Waals surface area contributed by atoms with E-state index < -0.39 is 10.0 Å². The molecule has 30 heavy (non-hydrogen) atoms. The lowest BCUT2D eigenvalue weighted by Gasteiger charge is -2.33. The molecule has 0 atom stereocenters.